The highest BCUT2D eigenvalue weighted by Crippen LogP contribution is 2.33. The zero-order valence-electron chi connectivity index (χ0n) is 18.3. The third-order valence-electron chi connectivity index (χ3n) is 5.08. The molecule has 9 heteroatoms. The van der Waals surface area contributed by atoms with Gasteiger partial charge in [0.05, 0.1) is 17.7 Å². The third-order valence-corrected chi connectivity index (χ3v) is 6.87. The van der Waals surface area contributed by atoms with Gasteiger partial charge in [-0.25, -0.2) is 8.42 Å². The lowest BCUT2D eigenvalue weighted by Gasteiger charge is -2.24. The Kier molecular flexibility index (Phi) is 6.41. The lowest BCUT2D eigenvalue weighted by molar-refractivity contribution is -0.114. The molecule has 0 spiro atoms. The number of nitrogens with one attached hydrogen (secondary N) is 1. The Bertz CT molecular complexity index is 1240. The molecule has 0 atom stereocenters. The van der Waals surface area contributed by atoms with E-state index < -0.39 is 22.5 Å². The standard InChI is InChI=1S/C24H24N2O6S/c1-17-3-6-19(7-4-17)26(33(28,29)21-10-8-20(30-2)9-11-21)16-24(27)25-18-5-12-22-23(15-18)32-14-13-31-22/h3-12,15H,13-14,16H2,1-2H3,(H,25,27). The van der Waals surface area contributed by atoms with Gasteiger partial charge >= 0.3 is 0 Å². The van der Waals surface area contributed by atoms with Crippen LogP contribution in [0.25, 0.3) is 0 Å². The molecular weight excluding hydrogens is 444 g/mol. The van der Waals surface area contributed by atoms with Gasteiger partial charge in [0.2, 0.25) is 5.91 Å². The SMILES string of the molecule is COc1ccc(S(=O)(=O)N(CC(=O)Nc2ccc3c(c2)OCCO3)c2ccc(C)cc2)cc1. The molecule has 1 amide bonds. The summed E-state index contributed by atoms with van der Waals surface area (Å²) >= 11 is 0. The van der Waals surface area contributed by atoms with Crippen molar-refractivity contribution in [2.24, 2.45) is 0 Å². The van der Waals surface area contributed by atoms with Crippen LogP contribution in [0.2, 0.25) is 0 Å². The summed E-state index contributed by atoms with van der Waals surface area (Å²) in [5.74, 6) is 1.17. The number of carbonyl (C=O) groups is 1. The summed E-state index contributed by atoms with van der Waals surface area (Å²) in [6, 6.07) is 18.0. The van der Waals surface area contributed by atoms with Crippen LogP contribution in [-0.2, 0) is 14.8 Å². The minimum absolute atomic E-state index is 0.0519. The Morgan fingerprint density at radius 3 is 2.30 bits per heavy atom. The molecule has 8 nitrogen and oxygen atoms in total. The molecule has 0 radical (unpaired) electrons. The number of fused-ring (bicyclic) bond motifs is 1. The van der Waals surface area contributed by atoms with Gasteiger partial charge in [0.1, 0.15) is 25.5 Å². The van der Waals surface area contributed by atoms with Crippen LogP contribution in [0.5, 0.6) is 17.2 Å². The molecular formula is C24H24N2O6S. The number of carbonyl (C=O) groups excluding carboxylic acids is 1. The van der Waals surface area contributed by atoms with E-state index in [0.29, 0.717) is 41.8 Å². The quantitative estimate of drug-likeness (QED) is 0.569. The van der Waals surface area contributed by atoms with Gasteiger partial charge < -0.3 is 19.5 Å². The van der Waals surface area contributed by atoms with Gasteiger partial charge in [0, 0.05) is 11.8 Å². The van der Waals surface area contributed by atoms with Gasteiger partial charge in [0.15, 0.2) is 11.5 Å². The van der Waals surface area contributed by atoms with Crippen LogP contribution in [0, 0.1) is 6.92 Å². The Hall–Kier alpha value is -3.72. The summed E-state index contributed by atoms with van der Waals surface area (Å²) in [7, 11) is -2.52. The summed E-state index contributed by atoms with van der Waals surface area (Å²) in [6.07, 6.45) is 0. The van der Waals surface area contributed by atoms with Crippen LogP contribution in [0.3, 0.4) is 0 Å². The monoisotopic (exact) mass is 468 g/mol. The van der Waals surface area contributed by atoms with E-state index in [1.165, 1.54) is 19.2 Å². The first-order chi connectivity index (χ1) is 15.9. The number of benzene rings is 3. The fourth-order valence-electron chi connectivity index (χ4n) is 3.35. The summed E-state index contributed by atoms with van der Waals surface area (Å²) in [5.41, 5.74) is 1.84. The van der Waals surface area contributed by atoms with Crippen molar-refractivity contribution in [3.05, 3.63) is 72.3 Å². The number of amides is 1. The van der Waals surface area contributed by atoms with Gasteiger partial charge in [-0.05, 0) is 55.5 Å². The fraction of sp³-hybridized carbons (Fsp3) is 0.208. The molecule has 0 unspecified atom stereocenters. The lowest BCUT2D eigenvalue weighted by Crippen LogP contribution is -2.38. The zero-order chi connectivity index (χ0) is 23.4. The van der Waals surface area contributed by atoms with Crippen molar-refractivity contribution in [1.29, 1.82) is 0 Å². The number of hydrogen-bond donors (Lipinski definition) is 1. The number of ether oxygens (including phenoxy) is 3. The van der Waals surface area contributed by atoms with Crippen LogP contribution in [-0.4, -0.2) is 41.2 Å². The maximum atomic E-state index is 13.5. The van der Waals surface area contributed by atoms with E-state index in [4.69, 9.17) is 14.2 Å². The second-order valence-corrected chi connectivity index (χ2v) is 9.29. The normalized spacial score (nSPS) is 12.7. The number of methoxy groups -OCH3 is 1. The summed E-state index contributed by atoms with van der Waals surface area (Å²) in [5, 5.41) is 2.74. The van der Waals surface area contributed by atoms with Crippen molar-refractivity contribution >= 4 is 27.3 Å². The van der Waals surface area contributed by atoms with Crippen molar-refractivity contribution in [1.82, 2.24) is 0 Å². The molecule has 4 rings (SSSR count). The van der Waals surface area contributed by atoms with Gasteiger partial charge in [-0.2, -0.15) is 0 Å². The molecule has 0 saturated carbocycles. The smallest absolute Gasteiger partial charge is 0.264 e. The van der Waals surface area contributed by atoms with E-state index in [-0.39, 0.29) is 4.90 Å². The van der Waals surface area contributed by atoms with Crippen molar-refractivity contribution < 1.29 is 27.4 Å². The minimum Gasteiger partial charge on any atom is -0.497 e. The summed E-state index contributed by atoms with van der Waals surface area (Å²) < 4.78 is 44.2. The highest BCUT2D eigenvalue weighted by atomic mass is 32.2. The third kappa shape index (κ3) is 5.04. The molecule has 3 aromatic carbocycles. The summed E-state index contributed by atoms with van der Waals surface area (Å²) in [4.78, 5) is 13.0. The Morgan fingerprint density at radius 2 is 1.64 bits per heavy atom. The highest BCUT2D eigenvalue weighted by molar-refractivity contribution is 7.92. The second-order valence-electron chi connectivity index (χ2n) is 7.43. The minimum atomic E-state index is -4.02. The maximum Gasteiger partial charge on any atom is 0.264 e. The molecule has 0 bridgehead atoms. The van der Waals surface area contributed by atoms with Gasteiger partial charge in [0.25, 0.3) is 10.0 Å². The topological polar surface area (TPSA) is 94.2 Å². The van der Waals surface area contributed by atoms with E-state index >= 15 is 0 Å². The van der Waals surface area contributed by atoms with Crippen LogP contribution in [0.15, 0.2) is 71.6 Å². The molecule has 1 N–H and O–H groups in total. The van der Waals surface area contributed by atoms with E-state index in [2.05, 4.69) is 5.32 Å². The van der Waals surface area contributed by atoms with E-state index in [0.717, 1.165) is 9.87 Å². The van der Waals surface area contributed by atoms with Crippen molar-refractivity contribution in [2.75, 3.05) is 36.5 Å². The molecule has 3 aromatic rings. The molecule has 0 aromatic heterocycles. The van der Waals surface area contributed by atoms with Crippen LogP contribution in [0.1, 0.15) is 5.56 Å². The van der Waals surface area contributed by atoms with Crippen molar-refractivity contribution in [3.8, 4) is 17.2 Å². The van der Waals surface area contributed by atoms with Crippen molar-refractivity contribution in [3.63, 3.8) is 0 Å². The van der Waals surface area contributed by atoms with E-state index in [9.17, 15) is 13.2 Å². The highest BCUT2D eigenvalue weighted by Gasteiger charge is 2.27. The first kappa shape index (κ1) is 22.5. The van der Waals surface area contributed by atoms with Crippen LogP contribution < -0.4 is 23.8 Å². The first-order valence-corrected chi connectivity index (χ1v) is 11.7. The lowest BCUT2D eigenvalue weighted by atomic mass is 10.2. The largest absolute Gasteiger partial charge is 0.497 e. The Morgan fingerprint density at radius 1 is 0.970 bits per heavy atom. The number of anilines is 2. The molecule has 0 fully saturated rings. The molecule has 0 aliphatic carbocycles. The van der Waals surface area contributed by atoms with E-state index in [1.807, 2.05) is 6.92 Å². The number of hydrogen-bond acceptors (Lipinski definition) is 6. The number of rotatable bonds is 7. The zero-order valence-corrected chi connectivity index (χ0v) is 19.1. The molecule has 1 aliphatic rings. The molecule has 1 aliphatic heterocycles. The van der Waals surface area contributed by atoms with Crippen molar-refractivity contribution in [2.45, 2.75) is 11.8 Å². The Labute approximate surface area is 192 Å². The van der Waals surface area contributed by atoms with Gasteiger partial charge in [-0.15, -0.1) is 0 Å². The van der Waals surface area contributed by atoms with Gasteiger partial charge in [-0.1, -0.05) is 17.7 Å². The predicted molar refractivity (Wildman–Crippen MR) is 125 cm³/mol. The molecule has 33 heavy (non-hydrogen) atoms. The fourth-order valence-corrected chi connectivity index (χ4v) is 4.77. The van der Waals surface area contributed by atoms with Gasteiger partial charge in [-0.3, -0.25) is 9.10 Å². The first-order valence-electron chi connectivity index (χ1n) is 10.3. The Balaban J connectivity index is 1.60. The molecule has 0 saturated heterocycles. The predicted octanol–water partition coefficient (Wildman–Crippen LogP) is 3.61. The average molecular weight is 469 g/mol. The van der Waals surface area contributed by atoms with Crippen LogP contribution in [0.4, 0.5) is 11.4 Å². The van der Waals surface area contributed by atoms with E-state index in [1.54, 1.807) is 54.6 Å². The number of sulfonamides is 1. The van der Waals surface area contributed by atoms with Crippen LogP contribution >= 0.6 is 0 Å². The number of aryl methyl sites for hydroxylation is 1. The molecule has 1 heterocycles. The maximum absolute atomic E-state index is 13.5. The average Bonchev–Trinajstić information content (AvgIpc) is 2.83. The second kappa shape index (κ2) is 9.41. The molecule has 172 valence electrons. The summed E-state index contributed by atoms with van der Waals surface area (Å²) in [6.45, 7) is 2.38. The number of nitrogens with zero attached hydrogens (tertiary/aromatic N) is 1.